The summed E-state index contributed by atoms with van der Waals surface area (Å²) < 4.78 is 6.97. The Morgan fingerprint density at radius 1 is 1.18 bits per heavy atom. The second kappa shape index (κ2) is 12.1. The summed E-state index contributed by atoms with van der Waals surface area (Å²) in [6.07, 6.45) is 3.97. The van der Waals surface area contributed by atoms with Gasteiger partial charge in [-0.25, -0.2) is 14.3 Å². The van der Waals surface area contributed by atoms with Gasteiger partial charge >= 0.3 is 6.09 Å². The van der Waals surface area contributed by atoms with Gasteiger partial charge in [-0.2, -0.15) is 10.2 Å². The standard InChI is InChI=1S/C27H36N10O3/c1-17(2)33-35-34-23(28)18-7-6-8-20(15-18)31-24-22-21(11-14-37(22)30-16-29-24)25(38)36-12-9-19(10-13-36)32-26(39)40-27(3,4)5/h6-8,11,14-17,19H,9-10,12-13H2,1-5H3,(H,32,39)(H2,28,33,34)(H,29,30,31). The van der Waals surface area contributed by atoms with Crippen LogP contribution in [0.15, 0.2) is 58.3 Å². The number of ether oxygens (including phenoxy) is 1. The summed E-state index contributed by atoms with van der Waals surface area (Å²) in [5, 5.41) is 22.2. The monoisotopic (exact) mass is 548 g/mol. The number of hydrogen-bond donors (Lipinski definition) is 3. The molecule has 1 aromatic carbocycles. The Morgan fingerprint density at radius 2 is 1.93 bits per heavy atom. The number of amides is 2. The topological polar surface area (TPSA) is 164 Å². The van der Waals surface area contributed by atoms with Crippen molar-refractivity contribution in [2.24, 2.45) is 21.2 Å². The molecule has 1 aliphatic heterocycles. The molecule has 3 heterocycles. The lowest BCUT2D eigenvalue weighted by Crippen LogP contribution is -2.47. The molecular weight excluding hydrogens is 512 g/mol. The molecule has 1 aliphatic rings. The summed E-state index contributed by atoms with van der Waals surface area (Å²) in [7, 11) is 0. The normalized spacial score (nSPS) is 15.2. The van der Waals surface area contributed by atoms with E-state index in [0.717, 1.165) is 0 Å². The lowest BCUT2D eigenvalue weighted by molar-refractivity contribution is 0.0474. The summed E-state index contributed by atoms with van der Waals surface area (Å²) in [5.74, 6) is 0.567. The molecule has 0 atom stereocenters. The Balaban J connectivity index is 1.48. The molecule has 1 saturated heterocycles. The van der Waals surface area contributed by atoms with E-state index in [4.69, 9.17) is 10.5 Å². The van der Waals surface area contributed by atoms with Crippen LogP contribution in [0.4, 0.5) is 16.3 Å². The first-order valence-electron chi connectivity index (χ1n) is 13.2. The van der Waals surface area contributed by atoms with Gasteiger partial charge in [0.1, 0.15) is 17.4 Å². The van der Waals surface area contributed by atoms with Crippen LogP contribution in [0.1, 0.15) is 63.4 Å². The molecule has 0 unspecified atom stereocenters. The molecule has 2 amide bonds. The highest BCUT2D eigenvalue weighted by atomic mass is 16.6. The zero-order valence-electron chi connectivity index (χ0n) is 23.5. The average Bonchev–Trinajstić information content (AvgIpc) is 3.33. The number of piperidine rings is 1. The molecular formula is C27H36N10O3. The van der Waals surface area contributed by atoms with E-state index < -0.39 is 11.7 Å². The number of carbonyl (C=O) groups excluding carboxylic acids is 2. The first-order valence-corrected chi connectivity index (χ1v) is 13.2. The Kier molecular flexibility index (Phi) is 8.61. The zero-order valence-corrected chi connectivity index (χ0v) is 23.5. The molecule has 0 aliphatic carbocycles. The molecule has 0 spiro atoms. The summed E-state index contributed by atoms with van der Waals surface area (Å²) in [5.41, 5.74) is 7.92. The zero-order chi connectivity index (χ0) is 28.9. The van der Waals surface area contributed by atoms with Crippen LogP contribution < -0.4 is 16.4 Å². The number of amidine groups is 1. The minimum atomic E-state index is -0.563. The fourth-order valence-electron chi connectivity index (χ4n) is 4.22. The van der Waals surface area contributed by atoms with E-state index in [1.165, 1.54) is 6.33 Å². The Morgan fingerprint density at radius 3 is 2.62 bits per heavy atom. The molecule has 1 fully saturated rings. The van der Waals surface area contributed by atoms with Gasteiger partial charge in [-0.1, -0.05) is 12.1 Å². The van der Waals surface area contributed by atoms with Crippen molar-refractivity contribution in [3.8, 4) is 0 Å². The molecule has 0 radical (unpaired) electrons. The predicted octanol–water partition coefficient (Wildman–Crippen LogP) is 4.08. The first-order chi connectivity index (χ1) is 19.0. The number of nitrogens with zero attached hydrogens (tertiary/aromatic N) is 7. The van der Waals surface area contributed by atoms with Crippen molar-refractivity contribution in [3.05, 3.63) is 54.0 Å². The highest BCUT2D eigenvalue weighted by Crippen LogP contribution is 2.26. The van der Waals surface area contributed by atoms with Crippen molar-refractivity contribution in [2.75, 3.05) is 18.4 Å². The highest BCUT2D eigenvalue weighted by molar-refractivity contribution is 6.04. The van der Waals surface area contributed by atoms with E-state index in [1.54, 1.807) is 21.7 Å². The van der Waals surface area contributed by atoms with Gasteiger partial charge in [0, 0.05) is 36.6 Å². The lowest BCUT2D eigenvalue weighted by atomic mass is 10.0. The molecule has 0 saturated carbocycles. The van der Waals surface area contributed by atoms with Crippen LogP contribution in [0.25, 0.3) is 5.52 Å². The van der Waals surface area contributed by atoms with Gasteiger partial charge in [0.15, 0.2) is 11.7 Å². The SMILES string of the molecule is CC(C)N=NN=C(N)c1cccc(Nc2ncnn3ccc(C(=O)N4CCC(NC(=O)OC(C)(C)C)CC4)c23)c1. The van der Waals surface area contributed by atoms with Crippen LogP contribution in [0.3, 0.4) is 0 Å². The van der Waals surface area contributed by atoms with Crippen LogP contribution in [0.5, 0.6) is 0 Å². The third kappa shape index (κ3) is 7.30. The molecule has 0 bridgehead atoms. The number of carbonyl (C=O) groups is 2. The van der Waals surface area contributed by atoms with Gasteiger partial charge in [-0.3, -0.25) is 4.79 Å². The van der Waals surface area contributed by atoms with Crippen LogP contribution >= 0.6 is 0 Å². The Hall–Kier alpha value is -4.55. The van der Waals surface area contributed by atoms with E-state index >= 15 is 0 Å². The Bertz CT molecular complexity index is 1420. The fourth-order valence-corrected chi connectivity index (χ4v) is 4.22. The van der Waals surface area contributed by atoms with Gasteiger partial charge in [0.25, 0.3) is 5.91 Å². The summed E-state index contributed by atoms with van der Waals surface area (Å²) >= 11 is 0. The molecule has 4 rings (SSSR count). The van der Waals surface area contributed by atoms with E-state index in [0.29, 0.717) is 54.1 Å². The number of rotatable bonds is 7. The number of benzene rings is 1. The molecule has 40 heavy (non-hydrogen) atoms. The van der Waals surface area contributed by atoms with Crippen molar-refractivity contribution in [2.45, 2.75) is 65.1 Å². The molecule has 3 aromatic rings. The molecule has 2 aromatic heterocycles. The first kappa shape index (κ1) is 28.5. The number of nitrogens with one attached hydrogen (secondary N) is 2. The number of hydrogen-bond acceptors (Lipinski definition) is 8. The predicted molar refractivity (Wildman–Crippen MR) is 152 cm³/mol. The number of aromatic nitrogens is 3. The summed E-state index contributed by atoms with van der Waals surface area (Å²) in [6, 6.07) is 9.02. The smallest absolute Gasteiger partial charge is 0.407 e. The summed E-state index contributed by atoms with van der Waals surface area (Å²) in [6.45, 7) is 10.3. The average molecular weight is 549 g/mol. The van der Waals surface area contributed by atoms with Crippen LogP contribution in [-0.2, 0) is 4.74 Å². The molecule has 13 heteroatoms. The molecule has 212 valence electrons. The maximum Gasteiger partial charge on any atom is 0.407 e. The number of nitrogens with two attached hydrogens (primary N) is 1. The van der Waals surface area contributed by atoms with E-state index in [-0.39, 0.29) is 23.8 Å². The largest absolute Gasteiger partial charge is 0.444 e. The maximum absolute atomic E-state index is 13.6. The number of fused-ring (bicyclic) bond motifs is 1. The number of anilines is 2. The third-order valence-corrected chi connectivity index (χ3v) is 6.04. The van der Waals surface area contributed by atoms with Crippen molar-refractivity contribution in [1.82, 2.24) is 24.8 Å². The van der Waals surface area contributed by atoms with Crippen molar-refractivity contribution < 1.29 is 14.3 Å². The fraction of sp³-hybridized carbons (Fsp3) is 0.444. The molecule has 4 N–H and O–H groups in total. The van der Waals surface area contributed by atoms with Crippen molar-refractivity contribution >= 4 is 34.9 Å². The number of alkyl carbamates (subject to hydrolysis) is 1. The van der Waals surface area contributed by atoms with E-state index in [2.05, 4.69) is 36.2 Å². The third-order valence-electron chi connectivity index (χ3n) is 6.04. The highest BCUT2D eigenvalue weighted by Gasteiger charge is 2.28. The second-order valence-corrected chi connectivity index (χ2v) is 10.8. The van der Waals surface area contributed by atoms with Gasteiger partial charge in [-0.05, 0) is 70.9 Å². The van der Waals surface area contributed by atoms with Crippen LogP contribution in [0, 0.1) is 0 Å². The van der Waals surface area contributed by atoms with Gasteiger partial charge in [-0.15, -0.1) is 5.10 Å². The van der Waals surface area contributed by atoms with E-state index in [1.807, 2.05) is 58.9 Å². The van der Waals surface area contributed by atoms with Crippen molar-refractivity contribution in [3.63, 3.8) is 0 Å². The maximum atomic E-state index is 13.6. The van der Waals surface area contributed by atoms with E-state index in [9.17, 15) is 9.59 Å². The quantitative estimate of drug-likeness (QED) is 0.173. The number of likely N-dealkylation sites (tertiary alicyclic amines) is 1. The molecule has 13 nitrogen and oxygen atoms in total. The minimum absolute atomic E-state index is 0.0175. The minimum Gasteiger partial charge on any atom is -0.444 e. The van der Waals surface area contributed by atoms with Crippen molar-refractivity contribution in [1.29, 1.82) is 0 Å². The van der Waals surface area contributed by atoms with Gasteiger partial charge < -0.3 is 26.0 Å². The van der Waals surface area contributed by atoms with Crippen LogP contribution in [-0.4, -0.2) is 68.1 Å². The summed E-state index contributed by atoms with van der Waals surface area (Å²) in [4.78, 5) is 31.9. The lowest BCUT2D eigenvalue weighted by Gasteiger charge is -2.32. The Labute approximate surface area is 232 Å². The van der Waals surface area contributed by atoms with Gasteiger partial charge in [0.05, 0.1) is 11.6 Å². The second-order valence-electron chi connectivity index (χ2n) is 10.8. The van der Waals surface area contributed by atoms with Crippen LogP contribution in [0.2, 0.25) is 0 Å². The van der Waals surface area contributed by atoms with Gasteiger partial charge in [0.2, 0.25) is 0 Å².